The Labute approximate surface area is 156 Å². The fraction of sp³-hybridized carbons (Fsp3) is 0.429. The molecule has 2 aromatic rings. The second-order valence-electron chi connectivity index (χ2n) is 6.97. The largest absolute Gasteiger partial charge is 0.484 e. The molecule has 2 atom stereocenters. The molecule has 0 aromatic heterocycles. The zero-order valence-corrected chi connectivity index (χ0v) is 16.4. The maximum atomic E-state index is 11.6. The van der Waals surface area contributed by atoms with Gasteiger partial charge in [-0.25, -0.2) is 8.42 Å². The number of ether oxygens (including phenoxy) is 1. The first-order valence-electron chi connectivity index (χ1n) is 9.23. The van der Waals surface area contributed by atoms with E-state index in [4.69, 9.17) is 4.74 Å². The standard InChI is InChI=1S/C21H27NO3S/c1-4-16(5-2)22-20-14-15-8-6-7-9-19(15)21(20)25-17-10-12-18(13-11-17)26(3,23)24/h6-13,16,20-22H,4-5,14H2,1-3H3/t20-,21-/m1/s1. The van der Waals surface area contributed by atoms with Crippen LogP contribution in [-0.2, 0) is 16.3 Å². The summed E-state index contributed by atoms with van der Waals surface area (Å²) in [6.45, 7) is 4.39. The molecule has 1 aliphatic carbocycles. The van der Waals surface area contributed by atoms with Crippen LogP contribution < -0.4 is 10.1 Å². The summed E-state index contributed by atoms with van der Waals surface area (Å²) in [6, 6.07) is 15.8. The minimum absolute atomic E-state index is 0.0733. The molecule has 0 amide bonds. The predicted octanol–water partition coefficient (Wildman–Crippen LogP) is 3.91. The van der Waals surface area contributed by atoms with Gasteiger partial charge in [0, 0.05) is 12.3 Å². The summed E-state index contributed by atoms with van der Waals surface area (Å²) in [7, 11) is -3.20. The molecule has 1 aliphatic rings. The molecule has 0 radical (unpaired) electrons. The van der Waals surface area contributed by atoms with Gasteiger partial charge in [0.1, 0.15) is 11.9 Å². The van der Waals surface area contributed by atoms with Crippen LogP contribution in [0.4, 0.5) is 0 Å². The summed E-state index contributed by atoms with van der Waals surface area (Å²) in [6.07, 6.45) is 4.25. The third kappa shape index (κ3) is 4.10. The highest BCUT2D eigenvalue weighted by Crippen LogP contribution is 2.36. The van der Waals surface area contributed by atoms with E-state index in [0.29, 0.717) is 16.7 Å². The summed E-state index contributed by atoms with van der Waals surface area (Å²) < 4.78 is 29.6. The van der Waals surface area contributed by atoms with E-state index >= 15 is 0 Å². The van der Waals surface area contributed by atoms with Gasteiger partial charge in [0.15, 0.2) is 9.84 Å². The summed E-state index contributed by atoms with van der Waals surface area (Å²) >= 11 is 0. The molecular weight excluding hydrogens is 346 g/mol. The molecule has 0 bridgehead atoms. The van der Waals surface area contributed by atoms with E-state index in [1.54, 1.807) is 24.3 Å². The van der Waals surface area contributed by atoms with Crippen LogP contribution in [0.15, 0.2) is 53.4 Å². The maximum Gasteiger partial charge on any atom is 0.175 e. The number of hydrogen-bond acceptors (Lipinski definition) is 4. The van der Waals surface area contributed by atoms with Gasteiger partial charge in [-0.15, -0.1) is 0 Å². The van der Waals surface area contributed by atoms with Gasteiger partial charge in [0.2, 0.25) is 0 Å². The minimum Gasteiger partial charge on any atom is -0.484 e. The van der Waals surface area contributed by atoms with E-state index in [9.17, 15) is 8.42 Å². The molecule has 4 nitrogen and oxygen atoms in total. The van der Waals surface area contributed by atoms with E-state index in [-0.39, 0.29) is 12.1 Å². The summed E-state index contributed by atoms with van der Waals surface area (Å²) in [5.74, 6) is 0.690. The molecule has 1 N–H and O–H groups in total. The maximum absolute atomic E-state index is 11.6. The highest BCUT2D eigenvalue weighted by atomic mass is 32.2. The number of nitrogens with one attached hydrogen (secondary N) is 1. The summed E-state index contributed by atoms with van der Waals surface area (Å²) in [5, 5.41) is 3.75. The second-order valence-corrected chi connectivity index (χ2v) is 8.99. The van der Waals surface area contributed by atoms with Crippen LogP contribution in [0.5, 0.6) is 5.75 Å². The van der Waals surface area contributed by atoms with Crippen molar-refractivity contribution in [1.82, 2.24) is 5.32 Å². The Morgan fingerprint density at radius 3 is 2.35 bits per heavy atom. The average molecular weight is 374 g/mol. The molecule has 26 heavy (non-hydrogen) atoms. The van der Waals surface area contributed by atoms with Crippen molar-refractivity contribution in [3.63, 3.8) is 0 Å². The molecule has 0 unspecified atom stereocenters. The van der Waals surface area contributed by atoms with Crippen LogP contribution in [0.2, 0.25) is 0 Å². The van der Waals surface area contributed by atoms with Gasteiger partial charge in [-0.3, -0.25) is 0 Å². The zero-order valence-electron chi connectivity index (χ0n) is 15.6. The van der Waals surface area contributed by atoms with E-state index < -0.39 is 9.84 Å². The molecule has 0 spiro atoms. The molecule has 140 valence electrons. The third-order valence-corrected chi connectivity index (χ3v) is 6.25. The first kappa shape index (κ1) is 18.9. The van der Waals surface area contributed by atoms with Gasteiger partial charge < -0.3 is 10.1 Å². The van der Waals surface area contributed by atoms with Crippen molar-refractivity contribution < 1.29 is 13.2 Å². The summed E-state index contributed by atoms with van der Waals surface area (Å²) in [5.41, 5.74) is 2.52. The van der Waals surface area contributed by atoms with Crippen LogP contribution >= 0.6 is 0 Å². The lowest BCUT2D eigenvalue weighted by Crippen LogP contribution is -2.41. The Hall–Kier alpha value is -1.85. The SMILES string of the molecule is CCC(CC)N[C@@H]1Cc2ccccc2[C@H]1Oc1ccc(S(C)(=O)=O)cc1. The van der Waals surface area contributed by atoms with Gasteiger partial charge in [-0.05, 0) is 54.7 Å². The van der Waals surface area contributed by atoms with Gasteiger partial charge in [0.05, 0.1) is 10.9 Å². The van der Waals surface area contributed by atoms with Gasteiger partial charge in [0.25, 0.3) is 0 Å². The van der Waals surface area contributed by atoms with Gasteiger partial charge in [-0.2, -0.15) is 0 Å². The first-order valence-corrected chi connectivity index (χ1v) is 11.1. The number of fused-ring (bicyclic) bond motifs is 1. The number of sulfone groups is 1. The van der Waals surface area contributed by atoms with E-state index in [1.165, 1.54) is 17.4 Å². The first-order chi connectivity index (χ1) is 12.4. The molecule has 5 heteroatoms. The monoisotopic (exact) mass is 373 g/mol. The lowest BCUT2D eigenvalue weighted by molar-refractivity contribution is 0.158. The van der Waals surface area contributed by atoms with Crippen molar-refractivity contribution in [1.29, 1.82) is 0 Å². The molecule has 0 aliphatic heterocycles. The minimum atomic E-state index is -3.20. The Bertz CT molecular complexity index is 842. The molecule has 0 saturated carbocycles. The predicted molar refractivity (Wildman–Crippen MR) is 104 cm³/mol. The summed E-state index contributed by atoms with van der Waals surface area (Å²) in [4.78, 5) is 0.309. The fourth-order valence-corrected chi connectivity index (χ4v) is 4.22. The van der Waals surface area contributed by atoms with Crippen molar-refractivity contribution in [3.8, 4) is 5.75 Å². The van der Waals surface area contributed by atoms with Crippen LogP contribution in [0.25, 0.3) is 0 Å². The van der Waals surface area contributed by atoms with Crippen molar-refractivity contribution >= 4 is 9.84 Å². The topological polar surface area (TPSA) is 55.4 Å². The van der Waals surface area contributed by atoms with Crippen molar-refractivity contribution in [2.45, 2.75) is 56.2 Å². The van der Waals surface area contributed by atoms with E-state index in [2.05, 4.69) is 37.4 Å². The van der Waals surface area contributed by atoms with E-state index in [1.807, 2.05) is 6.07 Å². The van der Waals surface area contributed by atoms with Crippen LogP contribution in [0.1, 0.15) is 43.9 Å². The van der Waals surface area contributed by atoms with Crippen molar-refractivity contribution in [2.75, 3.05) is 6.26 Å². The number of benzene rings is 2. The Morgan fingerprint density at radius 1 is 1.08 bits per heavy atom. The Morgan fingerprint density at radius 2 is 1.73 bits per heavy atom. The zero-order chi connectivity index (χ0) is 18.7. The molecule has 0 fully saturated rings. The molecule has 2 aromatic carbocycles. The quantitative estimate of drug-likeness (QED) is 0.799. The fourth-order valence-electron chi connectivity index (χ4n) is 3.59. The third-order valence-electron chi connectivity index (χ3n) is 5.12. The lowest BCUT2D eigenvalue weighted by atomic mass is 10.1. The van der Waals surface area contributed by atoms with E-state index in [0.717, 1.165) is 19.3 Å². The van der Waals surface area contributed by atoms with Gasteiger partial charge >= 0.3 is 0 Å². The molecule has 3 rings (SSSR count). The van der Waals surface area contributed by atoms with Gasteiger partial charge in [-0.1, -0.05) is 38.1 Å². The second kappa shape index (κ2) is 7.80. The average Bonchev–Trinajstić information content (AvgIpc) is 2.97. The Balaban J connectivity index is 1.84. The van der Waals surface area contributed by atoms with Crippen LogP contribution in [0, 0.1) is 0 Å². The highest BCUT2D eigenvalue weighted by molar-refractivity contribution is 7.90. The van der Waals surface area contributed by atoms with Crippen LogP contribution in [0.3, 0.4) is 0 Å². The normalized spacial score (nSPS) is 19.5. The Kier molecular flexibility index (Phi) is 5.68. The molecule has 0 heterocycles. The van der Waals surface area contributed by atoms with Crippen molar-refractivity contribution in [2.24, 2.45) is 0 Å². The number of hydrogen-bond donors (Lipinski definition) is 1. The molecule has 0 saturated heterocycles. The highest BCUT2D eigenvalue weighted by Gasteiger charge is 2.34. The van der Waals surface area contributed by atoms with Crippen molar-refractivity contribution in [3.05, 3.63) is 59.7 Å². The van der Waals surface area contributed by atoms with Crippen LogP contribution in [-0.4, -0.2) is 26.8 Å². The molecular formula is C21H27NO3S. The number of rotatable bonds is 7. The lowest BCUT2D eigenvalue weighted by Gasteiger charge is -2.27. The smallest absolute Gasteiger partial charge is 0.175 e.